The van der Waals surface area contributed by atoms with E-state index in [1.54, 1.807) is 0 Å². The number of ether oxygens (including phenoxy) is 2. The Morgan fingerprint density at radius 2 is 2.08 bits per heavy atom. The van der Waals surface area contributed by atoms with E-state index < -0.39 is 29.5 Å². The molecule has 0 N–H and O–H groups in total. The molecule has 0 aromatic rings. The molecule has 7 heteroatoms. The third kappa shape index (κ3) is 4.72. The van der Waals surface area contributed by atoms with E-state index in [0.29, 0.717) is 0 Å². The van der Waals surface area contributed by atoms with Gasteiger partial charge in [0.25, 0.3) is 12.6 Å². The Labute approximate surface area is 73.8 Å². The zero-order chi connectivity index (χ0) is 10.4. The van der Waals surface area contributed by atoms with Gasteiger partial charge in [0, 0.05) is 11.8 Å². The lowest BCUT2D eigenvalue weighted by Gasteiger charge is -2.09. The van der Waals surface area contributed by atoms with Crippen molar-refractivity contribution >= 4 is 11.9 Å². The van der Waals surface area contributed by atoms with Gasteiger partial charge in [-0.15, -0.1) is 0 Å². The second-order valence-corrected chi connectivity index (χ2v) is 2.14. The highest BCUT2D eigenvalue weighted by molar-refractivity contribution is 5.78. The number of esters is 2. The molecule has 0 aliphatic rings. The first-order chi connectivity index (χ1) is 5.97. The lowest BCUT2D eigenvalue weighted by atomic mass is 10.3. The van der Waals surface area contributed by atoms with E-state index in [1.165, 1.54) is 0 Å². The summed E-state index contributed by atoms with van der Waals surface area (Å²) in [6.07, 6.45) is -1.46. The highest BCUT2D eigenvalue weighted by Gasteiger charge is 2.27. The normalized spacial score (nSPS) is 11.5. The molecule has 0 bridgehead atoms. The van der Waals surface area contributed by atoms with Gasteiger partial charge in [-0.2, -0.15) is 0 Å². The molecule has 0 aromatic heterocycles. The molecule has 0 aromatic carbocycles. The van der Waals surface area contributed by atoms with Crippen LogP contribution in [0.1, 0.15) is 6.92 Å². The van der Waals surface area contributed by atoms with E-state index in [1.807, 2.05) is 0 Å². The minimum atomic E-state index is -1.46. The van der Waals surface area contributed by atoms with Gasteiger partial charge in [0.2, 0.25) is 0 Å². The molecule has 1 atom stereocenters. The van der Waals surface area contributed by atoms with Crippen molar-refractivity contribution in [1.29, 1.82) is 0 Å². The molecule has 0 aliphatic heterocycles. The Kier molecular flexibility index (Phi) is 4.42. The molecule has 74 valence electrons. The number of nitro groups is 1. The van der Waals surface area contributed by atoms with Crippen LogP contribution in [0.3, 0.4) is 0 Å². The second kappa shape index (κ2) is 5.07. The minimum absolute atomic E-state index is 0.759. The predicted molar refractivity (Wildman–Crippen MR) is 39.4 cm³/mol. The summed E-state index contributed by atoms with van der Waals surface area (Å²) < 4.78 is 8.55. The summed E-state index contributed by atoms with van der Waals surface area (Å²) in [6.45, 7) is 0.266. The van der Waals surface area contributed by atoms with E-state index in [9.17, 15) is 19.7 Å². The van der Waals surface area contributed by atoms with Crippen LogP contribution in [0, 0.1) is 10.1 Å². The Bertz CT molecular complexity index is 209. The van der Waals surface area contributed by atoms with Crippen LogP contribution < -0.4 is 0 Å². The van der Waals surface area contributed by atoms with Crippen LogP contribution >= 0.6 is 0 Å². The first-order valence-corrected chi connectivity index (χ1v) is 3.34. The van der Waals surface area contributed by atoms with Crippen molar-refractivity contribution < 1.29 is 24.0 Å². The molecule has 0 heterocycles. The summed E-state index contributed by atoms with van der Waals surface area (Å²) in [7, 11) is 1.05. The van der Waals surface area contributed by atoms with Gasteiger partial charge in [-0.3, -0.25) is 14.9 Å². The molecule has 1 unspecified atom stereocenters. The van der Waals surface area contributed by atoms with Gasteiger partial charge < -0.3 is 9.47 Å². The Morgan fingerprint density at radius 3 is 2.38 bits per heavy atom. The maximum atomic E-state index is 10.8. The van der Waals surface area contributed by atoms with E-state index in [0.717, 1.165) is 14.0 Å². The predicted octanol–water partition coefficient (Wildman–Crippen LogP) is -0.632. The van der Waals surface area contributed by atoms with Crippen molar-refractivity contribution in [3.05, 3.63) is 10.1 Å². The van der Waals surface area contributed by atoms with Gasteiger partial charge in [-0.05, 0) is 0 Å². The fourth-order valence-corrected chi connectivity index (χ4v) is 0.627. The van der Waals surface area contributed by atoms with E-state index >= 15 is 0 Å². The van der Waals surface area contributed by atoms with Gasteiger partial charge in [-0.25, -0.2) is 4.79 Å². The summed E-state index contributed by atoms with van der Waals surface area (Å²) in [5, 5.41) is 10.0. The van der Waals surface area contributed by atoms with Crippen LogP contribution in [0.5, 0.6) is 0 Å². The maximum absolute atomic E-state index is 10.8. The SMILES string of the molecule is COC(=O)C(C[N+](=O)[O-])OC(C)=O. The summed E-state index contributed by atoms with van der Waals surface area (Å²) in [6, 6.07) is 0. The molecular weight excluding hydrogens is 182 g/mol. The number of nitrogens with zero attached hydrogens (tertiary/aromatic N) is 1. The number of methoxy groups -OCH3 is 1. The van der Waals surface area contributed by atoms with Crippen LogP contribution in [-0.4, -0.2) is 36.6 Å². The monoisotopic (exact) mass is 191 g/mol. The summed E-state index contributed by atoms with van der Waals surface area (Å²) >= 11 is 0. The van der Waals surface area contributed by atoms with Crippen molar-refractivity contribution in [2.24, 2.45) is 0 Å². The first kappa shape index (κ1) is 11.3. The van der Waals surface area contributed by atoms with Crippen molar-refractivity contribution in [2.45, 2.75) is 13.0 Å². The topological polar surface area (TPSA) is 95.7 Å². The van der Waals surface area contributed by atoms with Gasteiger partial charge in [0.1, 0.15) is 0 Å². The molecule has 0 radical (unpaired) electrons. The van der Waals surface area contributed by atoms with Gasteiger partial charge in [0.15, 0.2) is 0 Å². The van der Waals surface area contributed by atoms with Crippen molar-refractivity contribution in [2.75, 3.05) is 13.7 Å². The Morgan fingerprint density at radius 1 is 1.54 bits per heavy atom. The van der Waals surface area contributed by atoms with Crippen LogP contribution in [0.4, 0.5) is 0 Å². The van der Waals surface area contributed by atoms with Crippen molar-refractivity contribution in [3.8, 4) is 0 Å². The van der Waals surface area contributed by atoms with Crippen LogP contribution in [-0.2, 0) is 19.1 Å². The molecular formula is C6H9NO6. The lowest BCUT2D eigenvalue weighted by molar-refractivity contribution is -0.487. The zero-order valence-corrected chi connectivity index (χ0v) is 7.18. The van der Waals surface area contributed by atoms with Crippen LogP contribution in [0.2, 0.25) is 0 Å². The van der Waals surface area contributed by atoms with E-state index in [-0.39, 0.29) is 0 Å². The quantitative estimate of drug-likeness (QED) is 0.333. The third-order valence-corrected chi connectivity index (χ3v) is 1.09. The number of carbonyl (C=O) groups is 2. The average Bonchev–Trinajstić information content (AvgIpc) is 2.00. The highest BCUT2D eigenvalue weighted by Crippen LogP contribution is 1.96. The molecule has 0 amide bonds. The Hall–Kier alpha value is -1.66. The van der Waals surface area contributed by atoms with Gasteiger partial charge >= 0.3 is 11.9 Å². The second-order valence-electron chi connectivity index (χ2n) is 2.14. The van der Waals surface area contributed by atoms with Crippen LogP contribution in [0.15, 0.2) is 0 Å². The van der Waals surface area contributed by atoms with E-state index in [4.69, 9.17) is 0 Å². The van der Waals surface area contributed by atoms with Crippen molar-refractivity contribution in [3.63, 3.8) is 0 Å². The summed E-state index contributed by atoms with van der Waals surface area (Å²) in [4.78, 5) is 30.4. The zero-order valence-electron chi connectivity index (χ0n) is 7.18. The standard InChI is InChI=1S/C6H9NO6/c1-4(8)13-5(3-7(10)11)6(9)12-2/h5H,3H2,1-2H3. The molecule has 13 heavy (non-hydrogen) atoms. The number of hydrogen-bond acceptors (Lipinski definition) is 6. The van der Waals surface area contributed by atoms with Crippen molar-refractivity contribution in [1.82, 2.24) is 0 Å². The number of carbonyl (C=O) groups excluding carboxylic acids is 2. The molecule has 7 nitrogen and oxygen atoms in total. The minimum Gasteiger partial charge on any atom is -0.466 e. The number of rotatable bonds is 4. The highest BCUT2D eigenvalue weighted by atomic mass is 16.6. The smallest absolute Gasteiger partial charge is 0.354 e. The molecule has 0 aliphatic carbocycles. The summed E-state index contributed by atoms with van der Waals surface area (Å²) in [5.74, 6) is -1.70. The van der Waals surface area contributed by atoms with Gasteiger partial charge in [0.05, 0.1) is 7.11 Å². The largest absolute Gasteiger partial charge is 0.466 e. The molecule has 0 rings (SSSR count). The average molecular weight is 191 g/mol. The molecule has 0 saturated heterocycles. The third-order valence-electron chi connectivity index (χ3n) is 1.09. The lowest BCUT2D eigenvalue weighted by Crippen LogP contribution is -2.34. The van der Waals surface area contributed by atoms with E-state index in [2.05, 4.69) is 9.47 Å². The number of hydrogen-bond donors (Lipinski definition) is 0. The summed E-state index contributed by atoms with van der Waals surface area (Å²) in [5.41, 5.74) is 0. The Balaban J connectivity index is 4.26. The fraction of sp³-hybridized carbons (Fsp3) is 0.667. The van der Waals surface area contributed by atoms with Crippen LogP contribution in [0.25, 0.3) is 0 Å². The molecule has 0 spiro atoms. The molecule has 0 saturated carbocycles. The maximum Gasteiger partial charge on any atom is 0.354 e. The fourth-order valence-electron chi connectivity index (χ4n) is 0.627. The molecule has 0 fully saturated rings. The first-order valence-electron chi connectivity index (χ1n) is 3.34. The van der Waals surface area contributed by atoms with Gasteiger partial charge in [-0.1, -0.05) is 0 Å².